The van der Waals surface area contributed by atoms with E-state index in [0.717, 1.165) is 6.04 Å². The van der Waals surface area contributed by atoms with E-state index in [0.29, 0.717) is 6.54 Å². The Balaban J connectivity index is 2.93. The summed E-state index contributed by atoms with van der Waals surface area (Å²) in [5.41, 5.74) is 12.5. The summed E-state index contributed by atoms with van der Waals surface area (Å²) in [6.45, 7) is 4.61. The standard InChI is InChI=1S/C11H17N2/c1-11(2,10(13)8-12)9-6-4-3-5-7-9/h3-7H,8,12-13H2,1-2H3. The molecule has 1 rings (SSSR count). The number of nitrogens with two attached hydrogens (primary N) is 2. The summed E-state index contributed by atoms with van der Waals surface area (Å²) in [6.07, 6.45) is 0. The summed E-state index contributed by atoms with van der Waals surface area (Å²) < 4.78 is 0. The Morgan fingerprint density at radius 3 is 2.23 bits per heavy atom. The Morgan fingerprint density at radius 1 is 1.23 bits per heavy atom. The molecule has 4 N–H and O–H groups in total. The Bertz CT molecular complexity index is 254. The molecule has 0 aliphatic rings. The molecule has 0 saturated carbocycles. The van der Waals surface area contributed by atoms with Crippen LogP contribution in [-0.4, -0.2) is 6.54 Å². The van der Waals surface area contributed by atoms with Crippen molar-refractivity contribution >= 4 is 0 Å². The minimum absolute atomic E-state index is 0.129. The van der Waals surface area contributed by atoms with Crippen LogP contribution in [0.15, 0.2) is 30.3 Å². The van der Waals surface area contributed by atoms with E-state index in [4.69, 9.17) is 11.5 Å². The maximum absolute atomic E-state index is 5.87. The maximum atomic E-state index is 5.87. The maximum Gasteiger partial charge on any atom is 0.0574 e. The van der Waals surface area contributed by atoms with E-state index in [1.54, 1.807) is 0 Å². The van der Waals surface area contributed by atoms with Crippen LogP contribution in [0.4, 0.5) is 0 Å². The van der Waals surface area contributed by atoms with Crippen LogP contribution in [0.5, 0.6) is 0 Å². The zero-order chi connectivity index (χ0) is 9.90. The fourth-order valence-corrected chi connectivity index (χ4v) is 1.30. The second-order valence-corrected chi connectivity index (χ2v) is 3.72. The third-order valence-electron chi connectivity index (χ3n) is 2.52. The number of hydrogen-bond acceptors (Lipinski definition) is 2. The van der Waals surface area contributed by atoms with Crippen molar-refractivity contribution in [3.63, 3.8) is 0 Å². The van der Waals surface area contributed by atoms with E-state index in [2.05, 4.69) is 26.0 Å². The molecule has 1 radical (unpaired) electrons. The van der Waals surface area contributed by atoms with E-state index in [1.807, 2.05) is 18.2 Å². The summed E-state index contributed by atoms with van der Waals surface area (Å²) in [5.74, 6) is 0. The van der Waals surface area contributed by atoms with Crippen LogP contribution < -0.4 is 11.5 Å². The van der Waals surface area contributed by atoms with Gasteiger partial charge in [0.05, 0.1) is 6.04 Å². The van der Waals surface area contributed by atoms with Crippen molar-refractivity contribution in [3.8, 4) is 0 Å². The molecular formula is C11H17N2. The molecule has 0 fully saturated rings. The van der Waals surface area contributed by atoms with Crippen molar-refractivity contribution in [2.75, 3.05) is 6.54 Å². The molecule has 2 heteroatoms. The first kappa shape index (κ1) is 10.2. The lowest BCUT2D eigenvalue weighted by atomic mass is 9.78. The predicted octanol–water partition coefficient (Wildman–Crippen LogP) is 1.41. The van der Waals surface area contributed by atoms with Gasteiger partial charge in [0.1, 0.15) is 0 Å². The van der Waals surface area contributed by atoms with E-state index in [-0.39, 0.29) is 5.41 Å². The van der Waals surface area contributed by atoms with Crippen molar-refractivity contribution in [1.82, 2.24) is 0 Å². The zero-order valence-electron chi connectivity index (χ0n) is 8.25. The third kappa shape index (κ3) is 2.08. The van der Waals surface area contributed by atoms with E-state index in [9.17, 15) is 0 Å². The van der Waals surface area contributed by atoms with Crippen molar-refractivity contribution < 1.29 is 0 Å². The Kier molecular flexibility index (Phi) is 3.07. The Hall–Kier alpha value is -0.860. The van der Waals surface area contributed by atoms with Crippen LogP contribution in [0.3, 0.4) is 0 Å². The van der Waals surface area contributed by atoms with Crippen LogP contribution in [-0.2, 0) is 5.41 Å². The molecule has 0 amide bonds. The van der Waals surface area contributed by atoms with Gasteiger partial charge >= 0.3 is 0 Å². The monoisotopic (exact) mass is 177 g/mol. The van der Waals surface area contributed by atoms with Gasteiger partial charge in [0.2, 0.25) is 0 Å². The van der Waals surface area contributed by atoms with Gasteiger partial charge in [-0.1, -0.05) is 44.2 Å². The summed E-state index contributed by atoms with van der Waals surface area (Å²) >= 11 is 0. The highest BCUT2D eigenvalue weighted by atomic mass is 14.7. The summed E-state index contributed by atoms with van der Waals surface area (Å²) in [6, 6.07) is 11.0. The first-order valence-corrected chi connectivity index (χ1v) is 4.46. The van der Waals surface area contributed by atoms with Crippen molar-refractivity contribution in [2.45, 2.75) is 19.3 Å². The van der Waals surface area contributed by atoms with Crippen LogP contribution in [0.1, 0.15) is 19.4 Å². The van der Waals surface area contributed by atoms with Gasteiger partial charge in [-0.05, 0) is 5.56 Å². The molecule has 0 aromatic heterocycles. The molecule has 71 valence electrons. The summed E-state index contributed by atoms with van der Waals surface area (Å²) in [4.78, 5) is 0. The molecule has 0 aliphatic heterocycles. The number of benzene rings is 1. The largest absolute Gasteiger partial charge is 0.329 e. The average Bonchev–Trinajstić information content (AvgIpc) is 2.18. The lowest BCUT2D eigenvalue weighted by molar-refractivity contribution is 0.519. The molecule has 0 aliphatic carbocycles. The van der Waals surface area contributed by atoms with E-state index >= 15 is 0 Å². The van der Waals surface area contributed by atoms with Gasteiger partial charge in [-0.2, -0.15) is 0 Å². The topological polar surface area (TPSA) is 52.0 Å². The second kappa shape index (κ2) is 3.90. The fraction of sp³-hybridized carbons (Fsp3) is 0.364. The van der Waals surface area contributed by atoms with Gasteiger partial charge in [0, 0.05) is 12.0 Å². The number of hydrogen-bond donors (Lipinski definition) is 2. The summed E-state index contributed by atoms with van der Waals surface area (Å²) in [7, 11) is 0. The SMILES string of the molecule is CC(C)([C](N)CN)c1ccccc1. The second-order valence-electron chi connectivity index (χ2n) is 3.72. The lowest BCUT2D eigenvalue weighted by Crippen LogP contribution is -2.38. The van der Waals surface area contributed by atoms with E-state index in [1.165, 1.54) is 5.56 Å². The van der Waals surface area contributed by atoms with Gasteiger partial charge in [0.25, 0.3) is 0 Å². The smallest absolute Gasteiger partial charge is 0.0574 e. The first-order chi connectivity index (χ1) is 6.09. The highest BCUT2D eigenvalue weighted by molar-refractivity contribution is 5.30. The molecule has 0 bridgehead atoms. The fourth-order valence-electron chi connectivity index (χ4n) is 1.30. The molecule has 1 aromatic carbocycles. The lowest BCUT2D eigenvalue weighted by Gasteiger charge is -2.30. The highest BCUT2D eigenvalue weighted by Gasteiger charge is 2.27. The molecule has 0 atom stereocenters. The molecule has 0 spiro atoms. The van der Waals surface area contributed by atoms with Crippen LogP contribution >= 0.6 is 0 Å². The molecule has 1 aromatic rings. The highest BCUT2D eigenvalue weighted by Crippen LogP contribution is 2.29. The van der Waals surface area contributed by atoms with Gasteiger partial charge in [-0.25, -0.2) is 0 Å². The molecule has 2 nitrogen and oxygen atoms in total. The van der Waals surface area contributed by atoms with Gasteiger partial charge in [-0.3, -0.25) is 0 Å². The quantitative estimate of drug-likeness (QED) is 0.733. The molecular weight excluding hydrogens is 160 g/mol. The molecule has 13 heavy (non-hydrogen) atoms. The Morgan fingerprint density at radius 2 is 1.77 bits per heavy atom. The molecule has 0 unspecified atom stereocenters. The minimum Gasteiger partial charge on any atom is -0.329 e. The van der Waals surface area contributed by atoms with Gasteiger partial charge in [-0.15, -0.1) is 0 Å². The van der Waals surface area contributed by atoms with Crippen LogP contribution in [0.25, 0.3) is 0 Å². The molecule has 0 heterocycles. The van der Waals surface area contributed by atoms with Crippen LogP contribution in [0.2, 0.25) is 0 Å². The third-order valence-corrected chi connectivity index (χ3v) is 2.52. The Labute approximate surface area is 79.9 Å². The predicted molar refractivity (Wildman–Crippen MR) is 56.0 cm³/mol. The van der Waals surface area contributed by atoms with Gasteiger partial charge < -0.3 is 11.5 Å². The molecule has 0 saturated heterocycles. The number of rotatable bonds is 3. The zero-order valence-corrected chi connectivity index (χ0v) is 8.25. The van der Waals surface area contributed by atoms with Gasteiger partial charge in [0.15, 0.2) is 0 Å². The minimum atomic E-state index is -0.129. The van der Waals surface area contributed by atoms with Crippen molar-refractivity contribution in [3.05, 3.63) is 41.9 Å². The van der Waals surface area contributed by atoms with Crippen molar-refractivity contribution in [1.29, 1.82) is 0 Å². The normalized spacial score (nSPS) is 12.1. The average molecular weight is 177 g/mol. The van der Waals surface area contributed by atoms with Crippen molar-refractivity contribution in [2.24, 2.45) is 11.5 Å². The van der Waals surface area contributed by atoms with E-state index < -0.39 is 0 Å². The van der Waals surface area contributed by atoms with Crippen LogP contribution in [0, 0.1) is 6.04 Å². The summed E-state index contributed by atoms with van der Waals surface area (Å²) in [5, 5.41) is 0. The first-order valence-electron chi connectivity index (χ1n) is 4.46.